The maximum Gasteiger partial charge on any atom is 0.0175 e. The third kappa shape index (κ3) is 1.40. The number of allylic oxidation sites excluding steroid dienone is 1. The monoisotopic (exact) mass is 124 g/mol. The molecule has 0 radical (unpaired) electrons. The Labute approximate surface area is 55.2 Å². The molecule has 0 aliphatic heterocycles. The average Bonchev–Trinajstić information content (AvgIpc) is 2.34. The lowest BCUT2D eigenvalue weighted by molar-refractivity contribution is 1.09. The van der Waals surface area contributed by atoms with Gasteiger partial charge in [0.2, 0.25) is 0 Å². The minimum Gasteiger partial charge on any atom is -0.327 e. The summed E-state index contributed by atoms with van der Waals surface area (Å²) in [4.78, 5) is 0. The molecule has 0 heterocycles. The molecule has 9 heavy (non-hydrogen) atoms. The van der Waals surface area contributed by atoms with Crippen LogP contribution in [0.4, 0.5) is 0 Å². The van der Waals surface area contributed by atoms with Crippen LogP contribution >= 0.6 is 0 Å². The average molecular weight is 124 g/mol. The lowest BCUT2D eigenvalue weighted by Gasteiger charge is -1.90. The third-order valence-electron chi connectivity index (χ3n) is 1.51. The van der Waals surface area contributed by atoms with Gasteiger partial charge in [-0.15, -0.1) is 0 Å². The molecular weight excluding hydrogens is 112 g/mol. The molecule has 1 aliphatic rings. The third-order valence-corrected chi connectivity index (χ3v) is 1.51. The Bertz CT molecular complexity index is 156. The highest BCUT2D eigenvalue weighted by Gasteiger charge is 2.01. The Morgan fingerprint density at radius 2 is 2.11 bits per heavy atom. The van der Waals surface area contributed by atoms with Gasteiger partial charge in [-0.2, -0.15) is 0 Å². The first-order chi connectivity index (χ1) is 4.36. The number of nitrogens with two attached hydrogens (primary N) is 2. The molecule has 0 saturated carbocycles. The number of hydrogen-bond acceptors (Lipinski definition) is 2. The molecule has 0 unspecified atom stereocenters. The van der Waals surface area contributed by atoms with Crippen molar-refractivity contribution >= 4 is 0 Å². The largest absolute Gasteiger partial charge is 0.327 e. The molecule has 0 atom stereocenters. The molecule has 2 heteroatoms. The van der Waals surface area contributed by atoms with E-state index in [1.165, 1.54) is 11.1 Å². The predicted molar refractivity (Wildman–Crippen MR) is 38.9 cm³/mol. The van der Waals surface area contributed by atoms with Gasteiger partial charge in [0.1, 0.15) is 0 Å². The Morgan fingerprint density at radius 1 is 1.33 bits per heavy atom. The van der Waals surface area contributed by atoms with Gasteiger partial charge in [-0.1, -0.05) is 17.7 Å². The van der Waals surface area contributed by atoms with E-state index in [2.05, 4.69) is 12.2 Å². The van der Waals surface area contributed by atoms with Crippen molar-refractivity contribution in [3.05, 3.63) is 23.3 Å². The van der Waals surface area contributed by atoms with E-state index in [9.17, 15) is 0 Å². The molecule has 0 aromatic heterocycles. The summed E-state index contributed by atoms with van der Waals surface area (Å²) in [5, 5.41) is 0. The van der Waals surface area contributed by atoms with Crippen molar-refractivity contribution in [2.24, 2.45) is 11.5 Å². The topological polar surface area (TPSA) is 52.0 Å². The summed E-state index contributed by atoms with van der Waals surface area (Å²) < 4.78 is 0. The van der Waals surface area contributed by atoms with Crippen molar-refractivity contribution in [1.29, 1.82) is 0 Å². The molecule has 0 saturated heterocycles. The fraction of sp³-hybridized carbons (Fsp3) is 0.429. The van der Waals surface area contributed by atoms with E-state index in [-0.39, 0.29) is 0 Å². The standard InChI is InChI=1S/C7H12N2/c8-4-6-1-2-7(3-6)5-9/h1,3H,2,4-5,8-9H2. The molecule has 4 N–H and O–H groups in total. The number of rotatable bonds is 2. The fourth-order valence-corrected chi connectivity index (χ4v) is 0.927. The summed E-state index contributed by atoms with van der Waals surface area (Å²) in [6.45, 7) is 1.31. The summed E-state index contributed by atoms with van der Waals surface area (Å²) in [6, 6.07) is 0. The van der Waals surface area contributed by atoms with E-state index in [1.807, 2.05) is 0 Å². The van der Waals surface area contributed by atoms with Gasteiger partial charge in [-0.25, -0.2) is 0 Å². The number of hydrogen-bond donors (Lipinski definition) is 2. The van der Waals surface area contributed by atoms with E-state index < -0.39 is 0 Å². The van der Waals surface area contributed by atoms with E-state index in [1.54, 1.807) is 0 Å². The predicted octanol–water partition coefficient (Wildman–Crippen LogP) is 0.160. The summed E-state index contributed by atoms with van der Waals surface area (Å²) in [7, 11) is 0. The van der Waals surface area contributed by atoms with Gasteiger partial charge in [-0.3, -0.25) is 0 Å². The van der Waals surface area contributed by atoms with Crippen LogP contribution in [-0.4, -0.2) is 13.1 Å². The second kappa shape index (κ2) is 2.80. The molecule has 1 rings (SSSR count). The molecule has 1 aliphatic carbocycles. The molecular formula is C7H12N2. The van der Waals surface area contributed by atoms with Crippen LogP contribution in [0.1, 0.15) is 6.42 Å². The summed E-state index contributed by atoms with van der Waals surface area (Å²) in [5.41, 5.74) is 13.3. The van der Waals surface area contributed by atoms with Crippen LogP contribution in [0.3, 0.4) is 0 Å². The Hall–Kier alpha value is -0.600. The van der Waals surface area contributed by atoms with Crippen LogP contribution < -0.4 is 11.5 Å². The van der Waals surface area contributed by atoms with Crippen LogP contribution in [0.25, 0.3) is 0 Å². The summed E-state index contributed by atoms with van der Waals surface area (Å²) in [6.07, 6.45) is 5.21. The maximum atomic E-state index is 5.41. The highest BCUT2D eigenvalue weighted by Crippen LogP contribution is 2.14. The SMILES string of the molecule is NCC1=CCC(CN)=C1. The molecule has 0 amide bonds. The second-order valence-electron chi connectivity index (χ2n) is 2.19. The second-order valence-corrected chi connectivity index (χ2v) is 2.19. The summed E-state index contributed by atoms with van der Waals surface area (Å²) in [5.74, 6) is 0. The van der Waals surface area contributed by atoms with Crippen LogP contribution in [0.5, 0.6) is 0 Å². The van der Waals surface area contributed by atoms with Crippen molar-refractivity contribution in [2.75, 3.05) is 13.1 Å². The van der Waals surface area contributed by atoms with Crippen LogP contribution in [0.2, 0.25) is 0 Å². The minimum absolute atomic E-state index is 0.642. The molecule has 0 aromatic carbocycles. The van der Waals surface area contributed by atoms with E-state index >= 15 is 0 Å². The Kier molecular flexibility index (Phi) is 2.03. The van der Waals surface area contributed by atoms with Crippen molar-refractivity contribution in [2.45, 2.75) is 6.42 Å². The highest BCUT2D eigenvalue weighted by molar-refractivity contribution is 5.33. The van der Waals surface area contributed by atoms with Gasteiger partial charge >= 0.3 is 0 Å². The van der Waals surface area contributed by atoms with Gasteiger partial charge in [-0.05, 0) is 12.0 Å². The normalized spacial score (nSPS) is 17.6. The van der Waals surface area contributed by atoms with Crippen LogP contribution in [-0.2, 0) is 0 Å². The Balaban J connectivity index is 2.52. The van der Waals surface area contributed by atoms with Crippen molar-refractivity contribution in [3.8, 4) is 0 Å². The zero-order valence-corrected chi connectivity index (χ0v) is 5.43. The molecule has 0 spiro atoms. The quantitative estimate of drug-likeness (QED) is 0.551. The zero-order valence-electron chi connectivity index (χ0n) is 5.43. The van der Waals surface area contributed by atoms with E-state index in [0.717, 1.165) is 6.42 Å². The van der Waals surface area contributed by atoms with Gasteiger partial charge in [0.05, 0.1) is 0 Å². The van der Waals surface area contributed by atoms with Crippen LogP contribution in [0.15, 0.2) is 23.3 Å². The smallest absolute Gasteiger partial charge is 0.0175 e. The molecule has 0 aromatic rings. The lowest BCUT2D eigenvalue weighted by Crippen LogP contribution is -2.01. The first-order valence-electron chi connectivity index (χ1n) is 3.15. The van der Waals surface area contributed by atoms with Gasteiger partial charge in [0, 0.05) is 13.1 Å². The summed E-state index contributed by atoms with van der Waals surface area (Å²) >= 11 is 0. The minimum atomic E-state index is 0.642. The van der Waals surface area contributed by atoms with Gasteiger partial charge in [0.25, 0.3) is 0 Å². The van der Waals surface area contributed by atoms with E-state index in [4.69, 9.17) is 11.5 Å². The van der Waals surface area contributed by atoms with Crippen molar-refractivity contribution < 1.29 is 0 Å². The fourth-order valence-electron chi connectivity index (χ4n) is 0.927. The maximum absolute atomic E-state index is 5.41. The lowest BCUT2D eigenvalue weighted by atomic mass is 10.2. The molecule has 0 fully saturated rings. The van der Waals surface area contributed by atoms with Crippen LogP contribution in [0, 0.1) is 0 Å². The first-order valence-corrected chi connectivity index (χ1v) is 3.15. The Morgan fingerprint density at radius 3 is 2.44 bits per heavy atom. The van der Waals surface area contributed by atoms with Gasteiger partial charge < -0.3 is 11.5 Å². The molecule has 0 bridgehead atoms. The van der Waals surface area contributed by atoms with E-state index in [0.29, 0.717) is 13.1 Å². The van der Waals surface area contributed by atoms with Crippen molar-refractivity contribution in [3.63, 3.8) is 0 Å². The first kappa shape index (κ1) is 6.52. The zero-order chi connectivity index (χ0) is 6.69. The highest BCUT2D eigenvalue weighted by atomic mass is 14.5. The van der Waals surface area contributed by atoms with Gasteiger partial charge in [0.15, 0.2) is 0 Å². The molecule has 2 nitrogen and oxygen atoms in total. The molecule has 50 valence electrons. The van der Waals surface area contributed by atoms with Crippen molar-refractivity contribution in [1.82, 2.24) is 0 Å².